The van der Waals surface area contributed by atoms with Crippen molar-refractivity contribution in [2.45, 2.75) is 25.7 Å². The molecule has 0 radical (unpaired) electrons. The summed E-state index contributed by atoms with van der Waals surface area (Å²) in [5, 5.41) is 4.06. The summed E-state index contributed by atoms with van der Waals surface area (Å²) in [5.74, 6) is 3.53. The third kappa shape index (κ3) is 4.48. The Balaban J connectivity index is 1.27. The molecule has 0 amide bonds. The molecule has 1 saturated carbocycles. The second kappa shape index (κ2) is 9.28. The Morgan fingerprint density at radius 1 is 1.06 bits per heavy atom. The first-order valence-corrected chi connectivity index (χ1v) is 11.4. The zero-order valence-electron chi connectivity index (χ0n) is 18.4. The van der Waals surface area contributed by atoms with Gasteiger partial charge in [-0.25, -0.2) is 14.4 Å². The third-order valence-electron chi connectivity index (χ3n) is 6.71. The van der Waals surface area contributed by atoms with Crippen LogP contribution in [0.1, 0.15) is 25.7 Å². The number of nitrogens with zero attached hydrogens (tertiary/aromatic N) is 3. The van der Waals surface area contributed by atoms with Crippen LogP contribution >= 0.6 is 0 Å². The molecule has 2 aromatic carbocycles. The van der Waals surface area contributed by atoms with Crippen molar-refractivity contribution < 1.29 is 13.9 Å². The number of methoxy groups -OCH3 is 1. The highest BCUT2D eigenvalue weighted by Crippen LogP contribution is 2.38. The topological polar surface area (TPSA) is 59.5 Å². The smallest absolute Gasteiger partial charge is 0.162 e. The van der Waals surface area contributed by atoms with Gasteiger partial charge in [-0.15, -0.1) is 0 Å². The molecule has 1 aliphatic heterocycles. The molecule has 3 aromatic rings. The van der Waals surface area contributed by atoms with Gasteiger partial charge in [-0.2, -0.15) is 0 Å². The Morgan fingerprint density at radius 3 is 2.59 bits per heavy atom. The van der Waals surface area contributed by atoms with Crippen LogP contribution < -0.4 is 14.8 Å². The van der Waals surface area contributed by atoms with Crippen LogP contribution in [-0.4, -0.2) is 48.2 Å². The quantitative estimate of drug-likeness (QED) is 0.500. The number of hydrogen-bond acceptors (Lipinski definition) is 6. The van der Waals surface area contributed by atoms with Gasteiger partial charge in [-0.1, -0.05) is 6.42 Å². The highest BCUT2D eigenvalue weighted by atomic mass is 19.1. The van der Waals surface area contributed by atoms with E-state index < -0.39 is 0 Å². The van der Waals surface area contributed by atoms with Gasteiger partial charge < -0.3 is 19.7 Å². The number of aromatic nitrogens is 2. The van der Waals surface area contributed by atoms with Gasteiger partial charge in [0.25, 0.3) is 0 Å². The molecule has 1 N–H and O–H groups in total. The van der Waals surface area contributed by atoms with Crippen LogP contribution in [0.4, 0.5) is 15.9 Å². The lowest BCUT2D eigenvalue weighted by Crippen LogP contribution is -2.24. The maximum absolute atomic E-state index is 13.2. The number of benzene rings is 2. The van der Waals surface area contributed by atoms with Crippen LogP contribution in [0.3, 0.4) is 0 Å². The van der Waals surface area contributed by atoms with E-state index in [2.05, 4.69) is 20.2 Å². The highest BCUT2D eigenvalue weighted by molar-refractivity contribution is 5.93. The number of likely N-dealkylation sites (tertiary alicyclic amines) is 1. The summed E-state index contributed by atoms with van der Waals surface area (Å²) < 4.78 is 24.9. The van der Waals surface area contributed by atoms with Gasteiger partial charge in [0.2, 0.25) is 0 Å². The molecule has 1 saturated heterocycles. The standard InChI is InChI=1S/C25H29FN4O2/c1-31-23-13-22-21(25(28-16-27-22)29-20-8-6-19(26)7-9-20)12-24(23)32-11-3-10-30-14-17-4-2-5-18(17)15-30/h6-9,12-13,16-18H,2-5,10-11,14-15H2,1H3,(H,27,28,29). The van der Waals surface area contributed by atoms with Gasteiger partial charge in [0.1, 0.15) is 18.0 Å². The number of anilines is 2. The number of fused-ring (bicyclic) bond motifs is 2. The SMILES string of the molecule is COc1cc2ncnc(Nc3ccc(F)cc3)c2cc1OCCCN1CC2CCCC2C1. The first-order valence-electron chi connectivity index (χ1n) is 11.4. The summed E-state index contributed by atoms with van der Waals surface area (Å²) in [7, 11) is 1.63. The number of ether oxygens (including phenoxy) is 2. The molecule has 5 rings (SSSR count). The van der Waals surface area contributed by atoms with E-state index in [1.165, 1.54) is 50.8 Å². The second-order valence-electron chi connectivity index (χ2n) is 8.79. The maximum atomic E-state index is 13.2. The minimum absolute atomic E-state index is 0.277. The van der Waals surface area contributed by atoms with Crippen LogP contribution in [0.25, 0.3) is 10.9 Å². The van der Waals surface area contributed by atoms with Crippen LogP contribution in [-0.2, 0) is 0 Å². The average Bonchev–Trinajstić information content (AvgIpc) is 3.40. The van der Waals surface area contributed by atoms with Gasteiger partial charge >= 0.3 is 0 Å². The predicted octanol–water partition coefficient (Wildman–Crippen LogP) is 5.02. The van der Waals surface area contributed by atoms with E-state index in [1.807, 2.05) is 12.1 Å². The van der Waals surface area contributed by atoms with Gasteiger partial charge in [-0.3, -0.25) is 0 Å². The van der Waals surface area contributed by atoms with Crippen molar-refractivity contribution in [3.05, 3.63) is 48.5 Å². The Morgan fingerprint density at radius 2 is 1.84 bits per heavy atom. The molecule has 2 atom stereocenters. The average molecular weight is 437 g/mol. The number of rotatable bonds is 8. The number of nitrogens with one attached hydrogen (secondary N) is 1. The zero-order valence-corrected chi connectivity index (χ0v) is 18.4. The minimum Gasteiger partial charge on any atom is -0.493 e. The molecule has 1 aliphatic carbocycles. The van der Waals surface area contributed by atoms with Crippen LogP contribution in [0.5, 0.6) is 11.5 Å². The van der Waals surface area contributed by atoms with Crippen molar-refractivity contribution in [2.75, 3.05) is 38.7 Å². The minimum atomic E-state index is -0.277. The summed E-state index contributed by atoms with van der Waals surface area (Å²) in [5.41, 5.74) is 1.50. The molecule has 2 unspecified atom stereocenters. The predicted molar refractivity (Wildman–Crippen MR) is 123 cm³/mol. The van der Waals surface area contributed by atoms with E-state index in [0.717, 1.165) is 41.4 Å². The first-order chi connectivity index (χ1) is 15.7. The maximum Gasteiger partial charge on any atom is 0.162 e. The van der Waals surface area contributed by atoms with Crippen molar-refractivity contribution in [3.63, 3.8) is 0 Å². The lowest BCUT2D eigenvalue weighted by Gasteiger charge is -2.17. The van der Waals surface area contributed by atoms with E-state index in [9.17, 15) is 4.39 Å². The molecular weight excluding hydrogens is 407 g/mol. The Bertz CT molecular complexity index is 1060. The Hall–Kier alpha value is -2.93. The van der Waals surface area contributed by atoms with Gasteiger partial charge in [0, 0.05) is 36.8 Å². The van der Waals surface area contributed by atoms with Gasteiger partial charge in [0.15, 0.2) is 11.5 Å². The molecule has 168 valence electrons. The fourth-order valence-electron chi connectivity index (χ4n) is 5.09. The van der Waals surface area contributed by atoms with Crippen molar-refractivity contribution in [1.82, 2.24) is 14.9 Å². The van der Waals surface area contributed by atoms with Crippen LogP contribution in [0.15, 0.2) is 42.7 Å². The summed E-state index contributed by atoms with van der Waals surface area (Å²) in [6.45, 7) is 4.20. The fraction of sp³-hybridized carbons (Fsp3) is 0.440. The van der Waals surface area contributed by atoms with Crippen molar-refractivity contribution in [1.29, 1.82) is 0 Å². The van der Waals surface area contributed by atoms with E-state index in [0.29, 0.717) is 23.9 Å². The van der Waals surface area contributed by atoms with Crippen molar-refractivity contribution >= 4 is 22.4 Å². The molecule has 1 aromatic heterocycles. The molecule has 7 heteroatoms. The molecule has 6 nitrogen and oxygen atoms in total. The summed E-state index contributed by atoms with van der Waals surface area (Å²) >= 11 is 0. The van der Waals surface area contributed by atoms with E-state index in [-0.39, 0.29) is 5.82 Å². The lowest BCUT2D eigenvalue weighted by molar-refractivity contribution is 0.246. The number of hydrogen-bond donors (Lipinski definition) is 1. The molecular formula is C25H29FN4O2. The third-order valence-corrected chi connectivity index (χ3v) is 6.71. The monoisotopic (exact) mass is 436 g/mol. The van der Waals surface area contributed by atoms with E-state index in [4.69, 9.17) is 9.47 Å². The first kappa shape index (κ1) is 20.9. The number of halogens is 1. The van der Waals surface area contributed by atoms with Gasteiger partial charge in [-0.05, 0) is 61.4 Å². The summed E-state index contributed by atoms with van der Waals surface area (Å²) in [6.07, 6.45) is 6.70. The fourth-order valence-corrected chi connectivity index (χ4v) is 5.09. The zero-order chi connectivity index (χ0) is 21.9. The molecule has 0 bridgehead atoms. The molecule has 0 spiro atoms. The second-order valence-corrected chi connectivity index (χ2v) is 8.79. The molecule has 2 heterocycles. The molecule has 2 fully saturated rings. The van der Waals surface area contributed by atoms with Crippen molar-refractivity contribution in [2.24, 2.45) is 11.8 Å². The van der Waals surface area contributed by atoms with Crippen LogP contribution in [0.2, 0.25) is 0 Å². The molecule has 32 heavy (non-hydrogen) atoms. The lowest BCUT2D eigenvalue weighted by atomic mass is 10.0. The Kier molecular flexibility index (Phi) is 6.08. The summed E-state index contributed by atoms with van der Waals surface area (Å²) in [6, 6.07) is 9.96. The van der Waals surface area contributed by atoms with E-state index in [1.54, 1.807) is 19.2 Å². The largest absolute Gasteiger partial charge is 0.493 e. The van der Waals surface area contributed by atoms with Crippen LogP contribution in [0, 0.1) is 17.7 Å². The highest BCUT2D eigenvalue weighted by Gasteiger charge is 2.35. The Labute approximate surface area is 187 Å². The van der Waals surface area contributed by atoms with Crippen molar-refractivity contribution in [3.8, 4) is 11.5 Å². The van der Waals surface area contributed by atoms with Gasteiger partial charge in [0.05, 0.1) is 19.2 Å². The van der Waals surface area contributed by atoms with E-state index >= 15 is 0 Å². The molecule has 2 aliphatic rings. The normalized spacial score (nSPS) is 20.4. The summed E-state index contributed by atoms with van der Waals surface area (Å²) in [4.78, 5) is 11.3.